The lowest BCUT2D eigenvalue weighted by Crippen LogP contribution is -2.39. The van der Waals surface area contributed by atoms with Gasteiger partial charge in [0.15, 0.2) is 0 Å². The fourth-order valence-electron chi connectivity index (χ4n) is 3.66. The summed E-state index contributed by atoms with van der Waals surface area (Å²) < 4.78 is 13.8. The minimum Gasteiger partial charge on any atom is -0.368 e. The second-order valence-electron chi connectivity index (χ2n) is 6.78. The minimum absolute atomic E-state index is 0.0746. The molecule has 1 amide bonds. The van der Waals surface area contributed by atoms with Gasteiger partial charge in [0.05, 0.1) is 11.7 Å². The highest BCUT2D eigenvalue weighted by atomic mass is 19.1. The maximum atomic E-state index is 13.8. The van der Waals surface area contributed by atoms with Crippen molar-refractivity contribution in [3.05, 3.63) is 72.1 Å². The van der Waals surface area contributed by atoms with Gasteiger partial charge in [-0.1, -0.05) is 12.1 Å². The summed E-state index contributed by atoms with van der Waals surface area (Å²) in [4.78, 5) is 27.5. The van der Waals surface area contributed by atoms with E-state index >= 15 is 0 Å². The summed E-state index contributed by atoms with van der Waals surface area (Å²) >= 11 is 0. The molecule has 1 aliphatic heterocycles. The number of hydrogen-bond donors (Lipinski definition) is 1. The average molecular weight is 377 g/mol. The fourth-order valence-corrected chi connectivity index (χ4v) is 3.66. The molecule has 1 unspecified atom stereocenters. The van der Waals surface area contributed by atoms with E-state index in [1.807, 2.05) is 4.90 Å². The van der Waals surface area contributed by atoms with Crippen molar-refractivity contribution >= 4 is 11.9 Å². The van der Waals surface area contributed by atoms with Crippen molar-refractivity contribution in [1.82, 2.24) is 19.9 Å². The molecule has 3 aromatic rings. The van der Waals surface area contributed by atoms with Gasteiger partial charge < -0.3 is 10.6 Å². The third-order valence-electron chi connectivity index (χ3n) is 4.98. The molecule has 0 radical (unpaired) electrons. The summed E-state index contributed by atoms with van der Waals surface area (Å²) in [5, 5.41) is 0. The Morgan fingerprint density at radius 3 is 2.79 bits per heavy atom. The van der Waals surface area contributed by atoms with Crippen molar-refractivity contribution in [2.24, 2.45) is 0 Å². The van der Waals surface area contributed by atoms with Gasteiger partial charge in [-0.25, -0.2) is 14.4 Å². The number of benzene rings is 1. The zero-order valence-corrected chi connectivity index (χ0v) is 15.3. The maximum Gasteiger partial charge on any atom is 0.254 e. The Bertz CT molecular complexity index is 995. The minimum atomic E-state index is -0.339. The van der Waals surface area contributed by atoms with Gasteiger partial charge in [0.1, 0.15) is 5.82 Å². The maximum absolute atomic E-state index is 13.8. The Balaban J connectivity index is 1.78. The Hall–Kier alpha value is -3.35. The predicted molar refractivity (Wildman–Crippen MR) is 104 cm³/mol. The molecule has 7 heteroatoms. The lowest BCUT2D eigenvalue weighted by Gasteiger charge is -2.36. The van der Waals surface area contributed by atoms with Crippen molar-refractivity contribution in [3.8, 4) is 11.1 Å². The number of rotatable bonds is 3. The highest BCUT2D eigenvalue weighted by Gasteiger charge is 2.32. The third-order valence-corrected chi connectivity index (χ3v) is 4.98. The third kappa shape index (κ3) is 3.55. The number of anilines is 1. The molecule has 1 fully saturated rings. The molecule has 1 atom stereocenters. The Labute approximate surface area is 162 Å². The van der Waals surface area contributed by atoms with Crippen LogP contribution in [0.1, 0.15) is 41.4 Å². The van der Waals surface area contributed by atoms with Crippen LogP contribution in [-0.4, -0.2) is 32.3 Å². The zero-order chi connectivity index (χ0) is 19.5. The van der Waals surface area contributed by atoms with Crippen LogP contribution in [0.4, 0.5) is 10.3 Å². The van der Waals surface area contributed by atoms with Gasteiger partial charge in [-0.05, 0) is 49.1 Å². The standard InChI is InChI=1S/C21H20FN5O/c22-16-5-3-4-15(12-16)17-13-25-21(23)26-19(17)18-6-1-2-11-27(18)20(28)14-7-9-24-10-8-14/h3-5,7-10,12-13,18H,1-2,6,11H2,(H2,23,25,26). The van der Waals surface area contributed by atoms with E-state index in [-0.39, 0.29) is 23.7 Å². The van der Waals surface area contributed by atoms with Gasteiger partial charge in [0, 0.05) is 36.3 Å². The van der Waals surface area contributed by atoms with E-state index in [0.29, 0.717) is 28.9 Å². The molecule has 3 heterocycles. The van der Waals surface area contributed by atoms with Crippen molar-refractivity contribution < 1.29 is 9.18 Å². The molecule has 0 saturated carbocycles. The Morgan fingerprint density at radius 1 is 1.18 bits per heavy atom. The van der Waals surface area contributed by atoms with E-state index in [2.05, 4.69) is 15.0 Å². The number of nitrogens with zero attached hydrogens (tertiary/aromatic N) is 4. The van der Waals surface area contributed by atoms with Gasteiger partial charge in [-0.15, -0.1) is 0 Å². The number of aromatic nitrogens is 3. The molecule has 0 aliphatic carbocycles. The van der Waals surface area contributed by atoms with Crippen LogP contribution in [-0.2, 0) is 0 Å². The van der Waals surface area contributed by atoms with Gasteiger partial charge in [-0.3, -0.25) is 9.78 Å². The van der Waals surface area contributed by atoms with Gasteiger partial charge in [-0.2, -0.15) is 0 Å². The number of nitrogen functional groups attached to an aromatic ring is 1. The molecule has 1 aliphatic rings. The smallest absolute Gasteiger partial charge is 0.254 e. The molecule has 1 saturated heterocycles. The molecule has 0 spiro atoms. The fraction of sp³-hybridized carbons (Fsp3) is 0.238. The number of carbonyl (C=O) groups excluding carboxylic acids is 1. The second kappa shape index (κ2) is 7.72. The summed E-state index contributed by atoms with van der Waals surface area (Å²) in [5.41, 5.74) is 8.45. The van der Waals surface area contributed by atoms with E-state index in [9.17, 15) is 9.18 Å². The molecule has 0 bridgehead atoms. The van der Waals surface area contributed by atoms with Crippen LogP contribution in [0.3, 0.4) is 0 Å². The van der Waals surface area contributed by atoms with Crippen LogP contribution < -0.4 is 5.73 Å². The first-order chi connectivity index (χ1) is 13.6. The van der Waals surface area contributed by atoms with Crippen molar-refractivity contribution in [2.75, 3.05) is 12.3 Å². The molecule has 6 nitrogen and oxygen atoms in total. The van der Waals surface area contributed by atoms with Crippen molar-refractivity contribution in [2.45, 2.75) is 25.3 Å². The molecule has 28 heavy (non-hydrogen) atoms. The molecular weight excluding hydrogens is 357 g/mol. The van der Waals surface area contributed by atoms with E-state index < -0.39 is 0 Å². The van der Waals surface area contributed by atoms with Gasteiger partial charge in [0.25, 0.3) is 5.91 Å². The van der Waals surface area contributed by atoms with Gasteiger partial charge >= 0.3 is 0 Å². The second-order valence-corrected chi connectivity index (χ2v) is 6.78. The molecular formula is C21H20FN5O. The molecule has 2 N–H and O–H groups in total. The van der Waals surface area contributed by atoms with Crippen LogP contribution in [0.5, 0.6) is 0 Å². The highest BCUT2D eigenvalue weighted by molar-refractivity contribution is 5.94. The first-order valence-corrected chi connectivity index (χ1v) is 9.23. The quantitative estimate of drug-likeness (QED) is 0.753. The molecule has 2 aromatic heterocycles. The van der Waals surface area contributed by atoms with Gasteiger partial charge in [0.2, 0.25) is 5.95 Å². The van der Waals surface area contributed by atoms with E-state index in [0.717, 1.165) is 19.3 Å². The molecule has 4 rings (SSSR count). The topological polar surface area (TPSA) is 85.0 Å². The summed E-state index contributed by atoms with van der Waals surface area (Å²) in [7, 11) is 0. The summed E-state index contributed by atoms with van der Waals surface area (Å²) in [6, 6.07) is 9.44. The number of likely N-dealkylation sites (tertiary alicyclic amines) is 1. The number of halogens is 1. The number of carbonyl (C=O) groups is 1. The number of nitrogens with two attached hydrogens (primary N) is 1. The number of piperidine rings is 1. The first kappa shape index (κ1) is 18.0. The molecule has 1 aromatic carbocycles. The first-order valence-electron chi connectivity index (χ1n) is 9.23. The SMILES string of the molecule is Nc1ncc(-c2cccc(F)c2)c(C2CCCCN2C(=O)c2ccncc2)n1. The van der Waals surface area contributed by atoms with Crippen molar-refractivity contribution in [1.29, 1.82) is 0 Å². The summed E-state index contributed by atoms with van der Waals surface area (Å²) in [5.74, 6) is -0.278. The summed E-state index contributed by atoms with van der Waals surface area (Å²) in [6.45, 7) is 0.623. The van der Waals surface area contributed by atoms with Crippen LogP contribution in [0.15, 0.2) is 55.0 Å². The van der Waals surface area contributed by atoms with Crippen LogP contribution >= 0.6 is 0 Å². The average Bonchev–Trinajstić information content (AvgIpc) is 2.74. The number of hydrogen-bond acceptors (Lipinski definition) is 5. The monoisotopic (exact) mass is 377 g/mol. The normalized spacial score (nSPS) is 16.8. The lowest BCUT2D eigenvalue weighted by atomic mass is 9.93. The Kier molecular flexibility index (Phi) is 4.97. The van der Waals surface area contributed by atoms with E-state index in [4.69, 9.17) is 5.73 Å². The molecule has 142 valence electrons. The van der Waals surface area contributed by atoms with E-state index in [1.165, 1.54) is 12.1 Å². The summed E-state index contributed by atoms with van der Waals surface area (Å²) in [6.07, 6.45) is 7.46. The Morgan fingerprint density at radius 2 is 2.00 bits per heavy atom. The number of amides is 1. The largest absolute Gasteiger partial charge is 0.368 e. The predicted octanol–water partition coefficient (Wildman–Crippen LogP) is 3.63. The van der Waals surface area contributed by atoms with E-state index in [1.54, 1.807) is 42.9 Å². The number of pyridine rings is 1. The zero-order valence-electron chi connectivity index (χ0n) is 15.3. The van der Waals surface area contributed by atoms with Crippen LogP contribution in [0, 0.1) is 5.82 Å². The van der Waals surface area contributed by atoms with Crippen LogP contribution in [0.25, 0.3) is 11.1 Å². The lowest BCUT2D eigenvalue weighted by molar-refractivity contribution is 0.0606. The van der Waals surface area contributed by atoms with Crippen LogP contribution in [0.2, 0.25) is 0 Å². The highest BCUT2D eigenvalue weighted by Crippen LogP contribution is 2.36. The van der Waals surface area contributed by atoms with Crippen molar-refractivity contribution in [3.63, 3.8) is 0 Å².